The van der Waals surface area contributed by atoms with Gasteiger partial charge in [0.15, 0.2) is 0 Å². The van der Waals surface area contributed by atoms with Crippen molar-refractivity contribution < 1.29 is 0 Å². The fraction of sp³-hybridized carbons (Fsp3) is 0.102. The average molecular weight is 1440 g/mol. The molecule has 0 amide bonds. The van der Waals surface area contributed by atoms with E-state index in [0.717, 1.165) is 64.8 Å². The Morgan fingerprint density at radius 2 is 0.688 bits per heavy atom. The van der Waals surface area contributed by atoms with Crippen LogP contribution in [0.3, 0.4) is 0 Å². The summed E-state index contributed by atoms with van der Waals surface area (Å²) in [6.45, 7) is 9.41. The van der Waals surface area contributed by atoms with Crippen molar-refractivity contribution in [2.45, 2.75) is 71.4 Å². The van der Waals surface area contributed by atoms with Gasteiger partial charge in [0, 0.05) is 39.1 Å². The Labute approximate surface area is 652 Å². The number of benzene rings is 16. The topological polar surface area (TPSA) is 52.2 Å². The molecule has 16 aromatic carbocycles. The van der Waals surface area contributed by atoms with Gasteiger partial charge in [-0.3, -0.25) is 0 Å². The Hall–Kier alpha value is -13.4. The predicted octanol–water partition coefficient (Wildman–Crippen LogP) is 26.1. The summed E-state index contributed by atoms with van der Waals surface area (Å²) >= 11 is 0. The molecule has 1 aromatic heterocycles. The molecule has 4 aliphatic heterocycles. The van der Waals surface area contributed by atoms with Gasteiger partial charge in [-0.05, 0) is 231 Å². The van der Waals surface area contributed by atoms with Crippen LogP contribution >= 0.6 is 0 Å². The van der Waals surface area contributed by atoms with E-state index in [9.17, 15) is 0 Å². The summed E-state index contributed by atoms with van der Waals surface area (Å²) in [5, 5.41) is 30.7. The molecule has 112 heavy (non-hydrogen) atoms. The third-order valence-corrected chi connectivity index (χ3v) is 24.8. The van der Waals surface area contributed by atoms with Crippen LogP contribution in [-0.4, -0.2) is 22.8 Å². The van der Waals surface area contributed by atoms with E-state index in [0.29, 0.717) is 0 Å². The monoisotopic (exact) mass is 1430 g/mol. The normalized spacial score (nSPS) is 17.8. The highest BCUT2D eigenvalue weighted by Crippen LogP contribution is 2.50. The largest absolute Gasteiger partial charge is 0.378 e. The van der Waals surface area contributed by atoms with Crippen LogP contribution in [0.25, 0.3) is 165 Å². The first-order valence-electron chi connectivity index (χ1n) is 40.1. The van der Waals surface area contributed by atoms with E-state index in [2.05, 4.69) is 383 Å². The van der Waals surface area contributed by atoms with E-state index in [-0.39, 0.29) is 18.0 Å². The molecule has 0 spiro atoms. The summed E-state index contributed by atoms with van der Waals surface area (Å²) in [5.41, 5.74) is 27.7. The number of aliphatic imine (C=N–C) groups is 1. The lowest BCUT2D eigenvalue weighted by molar-refractivity contribution is 0.645. The molecule has 0 radical (unpaired) electrons. The lowest BCUT2D eigenvalue weighted by atomic mass is 9.81. The Kier molecular flexibility index (Phi) is 16.3. The van der Waals surface area contributed by atoms with Gasteiger partial charge in [-0.15, -0.1) is 0 Å². The number of H-pyrrole nitrogens is 1. The zero-order valence-corrected chi connectivity index (χ0v) is 63.3. The maximum atomic E-state index is 6.13. The van der Waals surface area contributed by atoms with Crippen LogP contribution in [0.2, 0.25) is 0 Å². The number of fused-ring (bicyclic) bond motifs is 15. The molecule has 0 aliphatic carbocycles. The molecule has 3 unspecified atom stereocenters. The molecule has 0 fully saturated rings. The van der Waals surface area contributed by atoms with Gasteiger partial charge in [0.05, 0.1) is 23.5 Å². The van der Waals surface area contributed by atoms with Gasteiger partial charge in [-0.2, -0.15) is 0 Å². The second-order valence-corrected chi connectivity index (χ2v) is 30.6. The first-order chi connectivity index (χ1) is 55.4. The number of aromatic nitrogens is 1. The van der Waals surface area contributed by atoms with Crippen molar-refractivity contribution in [1.29, 1.82) is 0 Å². The number of hydrogen-bond acceptors (Lipinski definition) is 3. The number of aromatic amines is 1. The lowest BCUT2D eigenvalue weighted by Gasteiger charge is -2.24. The van der Waals surface area contributed by atoms with Crippen molar-refractivity contribution in [3.63, 3.8) is 0 Å². The Bertz CT molecular complexity index is 7180. The SMILES string of the molecule is CCC1=C(c2cccc3c(-c4cccc5ccccc45)cccc23)/C2=C/C3=C(CC)C(c4ccc(-c5cccc6ccccc56)c5ccccc45)C(/C=C4\NC(/C=c5\[nH]/c(c(-c6cccc7c(-c8cccc9ccccc89)cccc67)c5CC)=C\C1=N2)C(c1cccc2c(-c5cccc6ccccc56)cccc12)=C4CC)N3. The summed E-state index contributed by atoms with van der Waals surface area (Å²) < 4.78 is 0. The molecule has 4 nitrogen and oxygen atoms in total. The predicted molar refractivity (Wildman–Crippen MR) is 477 cm³/mol. The molecule has 534 valence electrons. The van der Waals surface area contributed by atoms with E-state index in [1.807, 2.05) is 0 Å². The number of nitrogens with zero attached hydrogens (tertiary/aromatic N) is 1. The molecule has 4 heteroatoms. The lowest BCUT2D eigenvalue weighted by Crippen LogP contribution is -2.29. The molecule has 8 bridgehead atoms. The van der Waals surface area contributed by atoms with E-state index in [1.54, 1.807) is 0 Å². The maximum absolute atomic E-state index is 6.13. The van der Waals surface area contributed by atoms with Crippen LogP contribution in [0, 0.1) is 0 Å². The first-order valence-corrected chi connectivity index (χ1v) is 40.1. The Morgan fingerprint density at radius 3 is 1.18 bits per heavy atom. The zero-order valence-electron chi connectivity index (χ0n) is 63.3. The minimum atomic E-state index is -0.257. The van der Waals surface area contributed by atoms with E-state index >= 15 is 0 Å². The Balaban J connectivity index is 0.853. The molecule has 4 aliphatic rings. The van der Waals surface area contributed by atoms with Crippen molar-refractivity contribution in [3.8, 4) is 55.6 Å². The molecule has 21 rings (SSSR count). The molecule has 5 heterocycles. The van der Waals surface area contributed by atoms with Crippen LogP contribution in [0.1, 0.15) is 75.1 Å². The molecule has 0 saturated heterocycles. The second-order valence-electron chi connectivity index (χ2n) is 30.6. The molecule has 3 atom stereocenters. The number of hydrogen-bond donors (Lipinski definition) is 3. The molecular weight excluding hydrogens is 1350 g/mol. The van der Waals surface area contributed by atoms with Crippen molar-refractivity contribution in [2.24, 2.45) is 4.99 Å². The Morgan fingerprint density at radius 1 is 0.304 bits per heavy atom. The molecular formula is C108H82N4. The zero-order chi connectivity index (χ0) is 74.7. The third-order valence-electron chi connectivity index (χ3n) is 24.8. The van der Waals surface area contributed by atoms with Crippen molar-refractivity contribution in [1.82, 2.24) is 15.6 Å². The number of nitrogens with one attached hydrogen (secondary N) is 3. The smallest absolute Gasteiger partial charge is 0.0739 e. The standard InChI is InChI=1S/C108H82N4/c1-5-69-97-62-102-107(95-58-28-52-87-84(49-25-55-91(87)95)79-45-21-35-67-31-11-15-39-75(67)79)71(7-3)99(111-102)64-104-108(96-60-59-92(81-41-17-18-42-88(81)96)80-46-22-36-68-32-12-16-40-76(68)80)72(8-4)100(112-104)63-103-106(94-57-27-51-86-83(48-24-54-90(86)94)78-44-20-34-66-30-10-14-38-74(66)78)70(6-2)98(110-103)61-101(109-97)105(69)93-56-26-50-85-82(47-23-53-89(85)93)77-43-19-33-65-29-9-13-37-73(65)77/h9-64,102,104,108-109,111-112H,5-8H2,1-4H3/b97-62-,99-64-,101-61-,103-63-. The fourth-order valence-electron chi connectivity index (χ4n) is 20.0. The summed E-state index contributed by atoms with van der Waals surface area (Å²) in [6.07, 6.45) is 13.1. The average Bonchev–Trinajstić information content (AvgIpc) is 1.48. The highest BCUT2D eigenvalue weighted by Gasteiger charge is 2.39. The molecule has 3 N–H and O–H groups in total. The molecule has 0 saturated carbocycles. The molecule has 17 aromatic rings. The number of rotatable bonds is 12. The quantitative estimate of drug-likeness (QED) is 0.114. The van der Waals surface area contributed by atoms with Crippen LogP contribution in [0.15, 0.2) is 366 Å². The van der Waals surface area contributed by atoms with Gasteiger partial charge in [0.25, 0.3) is 0 Å². The van der Waals surface area contributed by atoms with Crippen LogP contribution < -0.4 is 21.3 Å². The fourth-order valence-corrected chi connectivity index (χ4v) is 20.0. The van der Waals surface area contributed by atoms with Gasteiger partial charge in [-0.25, -0.2) is 4.99 Å². The summed E-state index contributed by atoms with van der Waals surface area (Å²) in [6, 6.07) is 118. The van der Waals surface area contributed by atoms with Crippen molar-refractivity contribution >= 4 is 115 Å². The summed E-state index contributed by atoms with van der Waals surface area (Å²) in [5.74, 6) is -0.0735. The first kappa shape index (κ1) is 66.8. The highest BCUT2D eigenvalue weighted by atomic mass is 15.0. The summed E-state index contributed by atoms with van der Waals surface area (Å²) in [7, 11) is 0. The van der Waals surface area contributed by atoms with E-state index < -0.39 is 0 Å². The minimum Gasteiger partial charge on any atom is -0.378 e. The third kappa shape index (κ3) is 10.7. The minimum absolute atomic E-state index is 0.0735. The van der Waals surface area contributed by atoms with Gasteiger partial charge in [0.2, 0.25) is 0 Å². The summed E-state index contributed by atoms with van der Waals surface area (Å²) in [4.78, 5) is 10.4. The second kappa shape index (κ2) is 27.3. The van der Waals surface area contributed by atoms with Gasteiger partial charge < -0.3 is 15.6 Å². The van der Waals surface area contributed by atoms with Gasteiger partial charge in [0.1, 0.15) is 0 Å². The van der Waals surface area contributed by atoms with Crippen molar-refractivity contribution in [2.75, 3.05) is 0 Å². The maximum Gasteiger partial charge on any atom is 0.0739 e. The van der Waals surface area contributed by atoms with Crippen LogP contribution in [0.5, 0.6) is 0 Å². The van der Waals surface area contributed by atoms with Crippen molar-refractivity contribution in [3.05, 3.63) is 394 Å². The van der Waals surface area contributed by atoms with Gasteiger partial charge in [-0.1, -0.05) is 343 Å². The number of allylic oxidation sites excluding steroid dienone is 4. The van der Waals surface area contributed by atoms with Gasteiger partial charge >= 0.3 is 0 Å². The van der Waals surface area contributed by atoms with Crippen LogP contribution in [-0.2, 0) is 6.42 Å². The van der Waals surface area contributed by atoms with Crippen LogP contribution in [0.4, 0.5) is 0 Å². The van der Waals surface area contributed by atoms with E-state index in [4.69, 9.17) is 4.99 Å². The highest BCUT2D eigenvalue weighted by molar-refractivity contribution is 6.29. The van der Waals surface area contributed by atoms with E-state index in [1.165, 1.54) is 186 Å².